The smallest absolute Gasteiger partial charge is 0.00474 e. The first kappa shape index (κ1) is 16.3. The fraction of sp³-hybridized carbons (Fsp3) is 1.00. The third-order valence-corrected chi connectivity index (χ3v) is 1.34. The first-order valence-electron chi connectivity index (χ1n) is 3.07. The van der Waals surface area contributed by atoms with E-state index in [1.807, 2.05) is 0 Å². The van der Waals surface area contributed by atoms with Crippen LogP contribution in [0.3, 0.4) is 0 Å². The number of nitrogens with zero attached hydrogens (tertiary/aromatic N) is 1. The van der Waals surface area contributed by atoms with Gasteiger partial charge in [0, 0.05) is 0 Å². The molecule has 0 saturated carbocycles. The molecule has 0 aromatic heterocycles. The van der Waals surface area contributed by atoms with Crippen LogP contribution in [-0.2, 0) is 0 Å². The highest BCUT2D eigenvalue weighted by molar-refractivity contribution is 7.59. The van der Waals surface area contributed by atoms with E-state index in [0.29, 0.717) is 0 Å². The molecule has 3 heteroatoms. The molecule has 0 fully saturated rings. The van der Waals surface area contributed by atoms with Gasteiger partial charge < -0.3 is 4.90 Å². The van der Waals surface area contributed by atoms with Gasteiger partial charge in [0.15, 0.2) is 0 Å². The number of hydrogen-bond acceptors (Lipinski definition) is 1. The molecule has 9 heavy (non-hydrogen) atoms. The quantitative estimate of drug-likeness (QED) is 0.620. The molecule has 0 bridgehead atoms. The van der Waals surface area contributed by atoms with Gasteiger partial charge in [-0.25, -0.2) is 0 Å². The zero-order valence-corrected chi connectivity index (χ0v) is 8.57. The first-order chi connectivity index (χ1) is 3.35. The van der Waals surface area contributed by atoms with Gasteiger partial charge in [-0.05, 0) is 19.6 Å². The predicted octanol–water partition coefficient (Wildman–Crippen LogP) is 1.57. The summed E-state index contributed by atoms with van der Waals surface area (Å²) in [5, 5.41) is 0. The summed E-state index contributed by atoms with van der Waals surface area (Å²) in [6, 6.07) is 0. The minimum atomic E-state index is 0. The summed E-state index contributed by atoms with van der Waals surface area (Å²) in [4.78, 5) is 2.38. The van der Waals surface area contributed by atoms with Crippen LogP contribution in [0.25, 0.3) is 0 Å². The molecule has 0 aliphatic heterocycles. The van der Waals surface area contributed by atoms with Gasteiger partial charge in [-0.2, -0.15) is 27.0 Å². The van der Waals surface area contributed by atoms with E-state index in [0.717, 1.165) is 0 Å². The van der Waals surface area contributed by atoms with Gasteiger partial charge in [-0.3, -0.25) is 0 Å². The molecule has 0 rings (SSSR count). The van der Waals surface area contributed by atoms with Crippen LogP contribution in [0.2, 0.25) is 0 Å². The Morgan fingerprint density at radius 3 is 1.00 bits per heavy atom. The van der Waals surface area contributed by atoms with Gasteiger partial charge in [-0.15, -0.1) is 0 Å². The Morgan fingerprint density at radius 2 is 1.00 bits per heavy atom. The highest BCUT2D eigenvalue weighted by Crippen LogP contribution is 1.81. The molecule has 0 spiro atoms. The highest BCUT2D eigenvalue weighted by atomic mass is 32.1. The lowest BCUT2D eigenvalue weighted by molar-refractivity contribution is 0.321. The van der Waals surface area contributed by atoms with Crippen molar-refractivity contribution in [1.82, 2.24) is 4.90 Å². The Balaban J connectivity index is -0.000000180. The lowest BCUT2D eigenvalue weighted by Gasteiger charge is -2.13. The molecule has 0 aliphatic carbocycles. The van der Waals surface area contributed by atoms with Crippen molar-refractivity contribution in [2.75, 3.05) is 19.6 Å². The zero-order valence-electron chi connectivity index (χ0n) is 6.57. The van der Waals surface area contributed by atoms with E-state index in [1.165, 1.54) is 19.6 Å². The molecule has 0 unspecified atom stereocenters. The fourth-order valence-corrected chi connectivity index (χ4v) is 0.671. The molecule has 0 aliphatic rings. The average Bonchev–Trinajstić information content (AvgIpc) is 1.72. The molecule has 0 amide bonds. The monoisotopic (exact) mass is 169 g/mol. The standard InChI is InChI=1S/C6H15N.2H2S/c1-4-7(5-2)6-3;;/h4-6H2,1-3H3;2*1H2. The molecular formula is C6H19NS2. The average molecular weight is 169 g/mol. The predicted molar refractivity (Wildman–Crippen MR) is 54.2 cm³/mol. The SMILES string of the molecule is CCN(CC)CC.S.S. The summed E-state index contributed by atoms with van der Waals surface area (Å²) >= 11 is 0. The van der Waals surface area contributed by atoms with Crippen LogP contribution in [0.15, 0.2) is 0 Å². The third kappa shape index (κ3) is 8.66. The second-order valence-corrected chi connectivity index (χ2v) is 1.62. The van der Waals surface area contributed by atoms with Crippen molar-refractivity contribution in [2.24, 2.45) is 0 Å². The maximum absolute atomic E-state index is 2.38. The molecule has 60 valence electrons. The Hall–Kier alpha value is 0.660. The summed E-state index contributed by atoms with van der Waals surface area (Å²) in [6.45, 7) is 10.1. The lowest BCUT2D eigenvalue weighted by atomic mass is 10.5. The van der Waals surface area contributed by atoms with Crippen molar-refractivity contribution < 1.29 is 0 Å². The topological polar surface area (TPSA) is 3.24 Å². The largest absolute Gasteiger partial charge is 0.304 e. The van der Waals surface area contributed by atoms with Crippen LogP contribution in [0.1, 0.15) is 20.8 Å². The van der Waals surface area contributed by atoms with Gasteiger partial charge in [-0.1, -0.05) is 20.8 Å². The third-order valence-electron chi connectivity index (χ3n) is 1.34. The molecular weight excluding hydrogens is 150 g/mol. The van der Waals surface area contributed by atoms with Gasteiger partial charge >= 0.3 is 0 Å². The van der Waals surface area contributed by atoms with E-state index in [9.17, 15) is 0 Å². The van der Waals surface area contributed by atoms with E-state index in [1.54, 1.807) is 0 Å². The summed E-state index contributed by atoms with van der Waals surface area (Å²) in [5.41, 5.74) is 0. The van der Waals surface area contributed by atoms with E-state index in [4.69, 9.17) is 0 Å². The summed E-state index contributed by atoms with van der Waals surface area (Å²) < 4.78 is 0. The molecule has 0 saturated heterocycles. The maximum atomic E-state index is 2.38. The van der Waals surface area contributed by atoms with Gasteiger partial charge in [0.2, 0.25) is 0 Å². The summed E-state index contributed by atoms with van der Waals surface area (Å²) in [6.07, 6.45) is 0. The van der Waals surface area contributed by atoms with Crippen molar-refractivity contribution in [3.8, 4) is 0 Å². The van der Waals surface area contributed by atoms with Gasteiger partial charge in [0.25, 0.3) is 0 Å². The molecule has 0 N–H and O–H groups in total. The van der Waals surface area contributed by atoms with Gasteiger partial charge in [0.05, 0.1) is 0 Å². The molecule has 0 aromatic rings. The zero-order chi connectivity index (χ0) is 5.70. The van der Waals surface area contributed by atoms with E-state index in [-0.39, 0.29) is 27.0 Å². The van der Waals surface area contributed by atoms with Crippen molar-refractivity contribution in [2.45, 2.75) is 20.8 Å². The van der Waals surface area contributed by atoms with Crippen LogP contribution in [0, 0.1) is 0 Å². The van der Waals surface area contributed by atoms with Crippen LogP contribution >= 0.6 is 27.0 Å². The highest BCUT2D eigenvalue weighted by Gasteiger charge is 1.89. The summed E-state index contributed by atoms with van der Waals surface area (Å²) in [7, 11) is 0. The lowest BCUT2D eigenvalue weighted by Crippen LogP contribution is -2.21. The minimum Gasteiger partial charge on any atom is -0.304 e. The van der Waals surface area contributed by atoms with Crippen LogP contribution in [0.5, 0.6) is 0 Å². The van der Waals surface area contributed by atoms with Gasteiger partial charge in [0.1, 0.15) is 0 Å². The van der Waals surface area contributed by atoms with E-state index < -0.39 is 0 Å². The molecule has 0 heterocycles. The maximum Gasteiger partial charge on any atom is -0.00474 e. The Labute approximate surface area is 72.7 Å². The van der Waals surface area contributed by atoms with Crippen LogP contribution < -0.4 is 0 Å². The number of hydrogen-bond donors (Lipinski definition) is 0. The molecule has 0 aromatic carbocycles. The Bertz CT molecular complexity index is 32.5. The molecule has 0 radical (unpaired) electrons. The molecule has 0 atom stereocenters. The Morgan fingerprint density at radius 1 is 0.778 bits per heavy atom. The van der Waals surface area contributed by atoms with Crippen LogP contribution in [-0.4, -0.2) is 24.5 Å². The first-order valence-corrected chi connectivity index (χ1v) is 3.07. The van der Waals surface area contributed by atoms with Crippen molar-refractivity contribution in [3.63, 3.8) is 0 Å². The van der Waals surface area contributed by atoms with E-state index >= 15 is 0 Å². The second kappa shape index (κ2) is 11.5. The molecule has 1 nitrogen and oxygen atoms in total. The normalized spacial score (nSPS) is 8.00. The van der Waals surface area contributed by atoms with E-state index in [2.05, 4.69) is 25.7 Å². The Kier molecular flexibility index (Phi) is 20.8. The van der Waals surface area contributed by atoms with Crippen molar-refractivity contribution >= 4 is 27.0 Å². The van der Waals surface area contributed by atoms with Crippen LogP contribution in [0.4, 0.5) is 0 Å². The van der Waals surface area contributed by atoms with Crippen molar-refractivity contribution in [1.29, 1.82) is 0 Å². The fourth-order valence-electron chi connectivity index (χ4n) is 0.671. The summed E-state index contributed by atoms with van der Waals surface area (Å²) in [5.74, 6) is 0. The second-order valence-electron chi connectivity index (χ2n) is 1.62. The van der Waals surface area contributed by atoms with Crippen molar-refractivity contribution in [3.05, 3.63) is 0 Å². The minimum absolute atomic E-state index is 0. The number of rotatable bonds is 3.